The molecule has 2 unspecified atom stereocenters. The first-order valence-corrected chi connectivity index (χ1v) is 9.75. The second-order valence-electron chi connectivity index (χ2n) is 8.00. The smallest absolute Gasteiger partial charge is 0.332 e. The predicted molar refractivity (Wildman–Crippen MR) is 104 cm³/mol. The number of halogens is 1. The predicted octanol–water partition coefficient (Wildman–Crippen LogP) is 3.12. The van der Waals surface area contributed by atoms with Crippen LogP contribution < -0.4 is 0 Å². The van der Waals surface area contributed by atoms with E-state index in [0.717, 1.165) is 37.8 Å². The van der Waals surface area contributed by atoms with Gasteiger partial charge in [0.05, 0.1) is 20.0 Å². The highest BCUT2D eigenvalue weighted by atomic mass is 19.1. The molecule has 1 aliphatic carbocycles. The van der Waals surface area contributed by atoms with Gasteiger partial charge in [-0.1, -0.05) is 12.1 Å². The highest BCUT2D eigenvalue weighted by molar-refractivity contribution is 5.80. The van der Waals surface area contributed by atoms with Crippen LogP contribution in [0.25, 0.3) is 0 Å². The number of methoxy groups -OCH3 is 1. The van der Waals surface area contributed by atoms with Gasteiger partial charge in [0.15, 0.2) is 6.04 Å². The Bertz CT molecular complexity index is 671. The summed E-state index contributed by atoms with van der Waals surface area (Å²) in [5.74, 6) is 0.718. The molecule has 0 amide bonds. The molecule has 1 aliphatic heterocycles. The first kappa shape index (κ1) is 19.8. The lowest BCUT2D eigenvalue weighted by Crippen LogP contribution is -2.35. The summed E-state index contributed by atoms with van der Waals surface area (Å²) in [4.78, 5) is 20.2. The van der Waals surface area contributed by atoms with Crippen LogP contribution in [0.5, 0.6) is 0 Å². The van der Waals surface area contributed by atoms with Gasteiger partial charge in [-0.25, -0.2) is 9.18 Å². The van der Waals surface area contributed by atoms with Crippen LogP contribution in [-0.4, -0.2) is 62.4 Å². The molecule has 1 aromatic rings. The van der Waals surface area contributed by atoms with Crippen molar-refractivity contribution in [2.45, 2.75) is 37.8 Å². The van der Waals surface area contributed by atoms with Crippen molar-refractivity contribution in [2.75, 3.05) is 34.3 Å². The van der Waals surface area contributed by atoms with Gasteiger partial charge in [0.2, 0.25) is 0 Å². The molecule has 0 saturated heterocycles. The van der Waals surface area contributed by atoms with Crippen molar-refractivity contribution < 1.29 is 13.9 Å². The van der Waals surface area contributed by atoms with Crippen molar-refractivity contribution in [1.29, 1.82) is 0 Å². The van der Waals surface area contributed by atoms with E-state index in [-0.39, 0.29) is 23.9 Å². The molecule has 0 spiro atoms. The van der Waals surface area contributed by atoms with Crippen LogP contribution in [0.2, 0.25) is 0 Å². The number of aliphatic imine (C=N–C) groups is 1. The number of hydrogen-bond acceptors (Lipinski definition) is 5. The maximum atomic E-state index is 13.7. The SMILES string of the molecule is COC(=O)C1CN(CC2CCC(C(c3cccc(F)c3)N(C)C)CC2)C=N1. The van der Waals surface area contributed by atoms with Gasteiger partial charge in [-0.2, -0.15) is 0 Å². The summed E-state index contributed by atoms with van der Waals surface area (Å²) in [6, 6.07) is 6.89. The Balaban J connectivity index is 1.53. The average molecular weight is 375 g/mol. The van der Waals surface area contributed by atoms with E-state index in [1.807, 2.05) is 6.07 Å². The molecule has 1 saturated carbocycles. The van der Waals surface area contributed by atoms with Crippen LogP contribution in [0.3, 0.4) is 0 Å². The van der Waals surface area contributed by atoms with E-state index in [1.165, 1.54) is 13.2 Å². The Morgan fingerprint density at radius 3 is 2.70 bits per heavy atom. The molecule has 148 valence electrons. The molecule has 2 aliphatic rings. The topological polar surface area (TPSA) is 45.1 Å². The third kappa shape index (κ3) is 4.86. The zero-order valence-corrected chi connectivity index (χ0v) is 16.5. The third-order valence-corrected chi connectivity index (χ3v) is 5.87. The van der Waals surface area contributed by atoms with Crippen molar-refractivity contribution >= 4 is 12.3 Å². The third-order valence-electron chi connectivity index (χ3n) is 5.87. The second kappa shape index (κ2) is 8.83. The minimum Gasteiger partial charge on any atom is -0.467 e. The zero-order valence-electron chi connectivity index (χ0n) is 16.5. The number of hydrogen-bond donors (Lipinski definition) is 0. The maximum Gasteiger partial charge on any atom is 0.332 e. The largest absolute Gasteiger partial charge is 0.467 e. The fraction of sp³-hybridized carbons (Fsp3) is 0.619. The summed E-state index contributed by atoms with van der Waals surface area (Å²) in [5, 5.41) is 0. The highest BCUT2D eigenvalue weighted by Gasteiger charge is 2.32. The number of nitrogens with zero attached hydrogens (tertiary/aromatic N) is 3. The fourth-order valence-corrected chi connectivity index (χ4v) is 4.58. The molecule has 0 bridgehead atoms. The quantitative estimate of drug-likeness (QED) is 0.717. The number of carbonyl (C=O) groups is 1. The van der Waals surface area contributed by atoms with Crippen LogP contribution in [0.15, 0.2) is 29.3 Å². The summed E-state index contributed by atoms with van der Waals surface area (Å²) >= 11 is 0. The molecule has 1 fully saturated rings. The molecule has 0 aromatic heterocycles. The lowest BCUT2D eigenvalue weighted by molar-refractivity contribution is -0.141. The molecule has 5 nitrogen and oxygen atoms in total. The summed E-state index contributed by atoms with van der Waals surface area (Å²) in [5.41, 5.74) is 1.07. The summed E-state index contributed by atoms with van der Waals surface area (Å²) < 4.78 is 18.5. The summed E-state index contributed by atoms with van der Waals surface area (Å²) in [6.07, 6.45) is 6.36. The normalized spacial score (nSPS) is 26.4. The molecule has 1 heterocycles. The zero-order chi connectivity index (χ0) is 19.4. The van der Waals surface area contributed by atoms with Crippen LogP contribution in [0.1, 0.15) is 37.3 Å². The number of benzene rings is 1. The van der Waals surface area contributed by atoms with E-state index < -0.39 is 0 Å². The standard InChI is InChI=1S/C21H30FN3O2/c1-24(2)20(17-5-4-6-18(22)11-17)16-9-7-15(8-10-16)12-25-13-19(23-14-25)21(26)27-3/h4-6,11,14-16,19-20H,7-10,12-13H2,1-3H3. The first-order chi connectivity index (χ1) is 13.0. The van der Waals surface area contributed by atoms with E-state index >= 15 is 0 Å². The van der Waals surface area contributed by atoms with Gasteiger partial charge in [0.25, 0.3) is 0 Å². The Morgan fingerprint density at radius 1 is 1.33 bits per heavy atom. The summed E-state index contributed by atoms with van der Waals surface area (Å²) in [7, 11) is 5.56. The summed E-state index contributed by atoms with van der Waals surface area (Å²) in [6.45, 7) is 1.56. The van der Waals surface area contributed by atoms with E-state index in [4.69, 9.17) is 4.74 Å². The van der Waals surface area contributed by atoms with Crippen LogP contribution >= 0.6 is 0 Å². The molecule has 0 radical (unpaired) electrons. The van der Waals surface area contributed by atoms with Crippen molar-refractivity contribution in [3.63, 3.8) is 0 Å². The van der Waals surface area contributed by atoms with Gasteiger partial charge in [-0.05, 0) is 69.3 Å². The second-order valence-corrected chi connectivity index (χ2v) is 8.00. The van der Waals surface area contributed by atoms with Gasteiger partial charge in [0, 0.05) is 12.6 Å². The monoisotopic (exact) mass is 375 g/mol. The fourth-order valence-electron chi connectivity index (χ4n) is 4.58. The van der Waals surface area contributed by atoms with Crippen molar-refractivity contribution in [3.05, 3.63) is 35.6 Å². The number of carbonyl (C=O) groups excluding carboxylic acids is 1. The van der Waals surface area contributed by atoms with E-state index in [2.05, 4.69) is 28.9 Å². The van der Waals surface area contributed by atoms with Crippen LogP contribution in [0.4, 0.5) is 4.39 Å². The van der Waals surface area contributed by atoms with E-state index in [0.29, 0.717) is 18.4 Å². The lowest BCUT2D eigenvalue weighted by Gasteiger charge is -2.38. The number of ether oxygens (including phenoxy) is 1. The van der Waals surface area contributed by atoms with E-state index in [9.17, 15) is 9.18 Å². The minimum atomic E-state index is -0.377. The van der Waals surface area contributed by atoms with Crippen molar-refractivity contribution in [2.24, 2.45) is 16.8 Å². The van der Waals surface area contributed by atoms with Gasteiger partial charge < -0.3 is 14.5 Å². The van der Waals surface area contributed by atoms with Crippen LogP contribution in [-0.2, 0) is 9.53 Å². The molecule has 6 heteroatoms. The molecular weight excluding hydrogens is 345 g/mol. The van der Waals surface area contributed by atoms with Crippen molar-refractivity contribution in [1.82, 2.24) is 9.80 Å². The lowest BCUT2D eigenvalue weighted by atomic mass is 9.76. The van der Waals surface area contributed by atoms with Crippen molar-refractivity contribution in [3.8, 4) is 0 Å². The first-order valence-electron chi connectivity index (χ1n) is 9.75. The molecule has 0 N–H and O–H groups in total. The Morgan fingerprint density at radius 2 is 2.07 bits per heavy atom. The minimum absolute atomic E-state index is 0.165. The van der Waals surface area contributed by atoms with Gasteiger partial charge in [0.1, 0.15) is 5.82 Å². The Hall–Kier alpha value is -1.95. The van der Waals surface area contributed by atoms with Gasteiger partial charge >= 0.3 is 5.97 Å². The molecule has 2 atom stereocenters. The highest BCUT2D eigenvalue weighted by Crippen LogP contribution is 2.39. The maximum absolute atomic E-state index is 13.7. The van der Waals surface area contributed by atoms with Gasteiger partial charge in [-0.15, -0.1) is 0 Å². The molecule has 3 rings (SSSR count). The Kier molecular flexibility index (Phi) is 6.47. The Labute approximate surface area is 161 Å². The molecule has 27 heavy (non-hydrogen) atoms. The number of rotatable bonds is 6. The van der Waals surface area contributed by atoms with Gasteiger partial charge in [-0.3, -0.25) is 4.99 Å². The number of esters is 1. The molecule has 1 aromatic carbocycles. The van der Waals surface area contributed by atoms with Crippen LogP contribution in [0, 0.1) is 17.7 Å². The average Bonchev–Trinajstić information content (AvgIpc) is 3.11. The van der Waals surface area contributed by atoms with E-state index in [1.54, 1.807) is 18.5 Å². The molecular formula is C21H30FN3O2.